The molecule has 0 aliphatic heterocycles. The van der Waals surface area contributed by atoms with Crippen molar-refractivity contribution >= 4 is 51.6 Å². The molecule has 6 nitrogen and oxygen atoms in total. The number of ether oxygens (including phenoxy) is 1. The molecule has 28 heavy (non-hydrogen) atoms. The number of aliphatic imine (C=N–C) groups is 1. The van der Waals surface area contributed by atoms with Crippen LogP contribution < -0.4 is 10.6 Å². The second-order valence-electron chi connectivity index (χ2n) is 5.62. The third kappa shape index (κ3) is 6.21. The van der Waals surface area contributed by atoms with Gasteiger partial charge in [-0.2, -0.15) is 0 Å². The minimum absolute atomic E-state index is 0.154. The molecule has 1 amide bonds. The van der Waals surface area contributed by atoms with Crippen LogP contribution >= 0.6 is 22.9 Å². The highest BCUT2D eigenvalue weighted by molar-refractivity contribution is 7.17. The summed E-state index contributed by atoms with van der Waals surface area (Å²) in [6, 6.07) is 7.70. The molecule has 0 aliphatic rings. The minimum Gasteiger partial charge on any atom is -0.445 e. The van der Waals surface area contributed by atoms with E-state index in [0.717, 1.165) is 33.4 Å². The Morgan fingerprint density at radius 2 is 2.29 bits per heavy atom. The Labute approximate surface area is 174 Å². The molecule has 1 aromatic carbocycles. The highest BCUT2D eigenvalue weighted by Crippen LogP contribution is 2.36. The van der Waals surface area contributed by atoms with E-state index in [0.29, 0.717) is 5.69 Å². The molecule has 2 N–H and O–H groups in total. The van der Waals surface area contributed by atoms with E-state index in [-0.39, 0.29) is 12.6 Å². The largest absolute Gasteiger partial charge is 0.445 e. The van der Waals surface area contributed by atoms with Gasteiger partial charge in [-0.25, -0.2) is 9.78 Å². The lowest BCUT2D eigenvalue weighted by atomic mass is 10.1. The van der Waals surface area contributed by atoms with Gasteiger partial charge in [0.05, 0.1) is 10.6 Å². The third-order valence-electron chi connectivity index (χ3n) is 3.53. The van der Waals surface area contributed by atoms with Crippen LogP contribution in [0.4, 0.5) is 15.6 Å². The van der Waals surface area contributed by atoms with Crippen molar-refractivity contribution in [3.8, 4) is 11.3 Å². The second kappa shape index (κ2) is 11.3. The number of allylic oxidation sites excluding steroid dienone is 2. The number of benzene rings is 1. The Bertz CT molecular complexity index is 877. The number of rotatable bonds is 9. The number of alkyl halides is 1. The molecule has 0 aliphatic carbocycles. The number of amides is 1. The summed E-state index contributed by atoms with van der Waals surface area (Å²) < 4.78 is 4.97. The van der Waals surface area contributed by atoms with E-state index < -0.39 is 6.09 Å². The fourth-order valence-electron chi connectivity index (χ4n) is 2.32. The average molecular weight is 419 g/mol. The van der Waals surface area contributed by atoms with Crippen LogP contribution in [-0.4, -0.2) is 36.4 Å². The Morgan fingerprint density at radius 3 is 3.00 bits per heavy atom. The maximum atomic E-state index is 11.8. The van der Waals surface area contributed by atoms with Crippen LogP contribution in [0.15, 0.2) is 48.0 Å². The molecule has 0 saturated carbocycles. The van der Waals surface area contributed by atoms with Crippen LogP contribution in [0, 0.1) is 0 Å². The fourth-order valence-corrected chi connectivity index (χ4v) is 3.44. The standard InChI is InChI=1S/C20H23ClN4O2S/c1-4-11-27-20(26)24-16-8-6-7-15(12-16)17-18(14(3)9-10-22-13-21)28-19(25-17)23-5-2/h4,6-10,12H,1,5,11,13H2,2-3H3,(H,23,25)(H,24,26). The fraction of sp³-hybridized carbons (Fsp3) is 0.250. The van der Waals surface area contributed by atoms with Crippen molar-refractivity contribution < 1.29 is 9.53 Å². The minimum atomic E-state index is -0.530. The quantitative estimate of drug-likeness (QED) is 0.239. The Morgan fingerprint density at radius 1 is 1.46 bits per heavy atom. The van der Waals surface area contributed by atoms with Gasteiger partial charge in [0.15, 0.2) is 5.13 Å². The SMILES string of the molecule is C=CCOC(=O)Nc1cccc(-c2nc(NCC)sc2C(C)=CC=NCCl)c1. The Kier molecular flexibility index (Phi) is 8.71. The van der Waals surface area contributed by atoms with E-state index in [4.69, 9.17) is 21.3 Å². The third-order valence-corrected chi connectivity index (χ3v) is 4.81. The number of anilines is 2. The normalized spacial score (nSPS) is 11.5. The average Bonchev–Trinajstić information content (AvgIpc) is 3.11. The van der Waals surface area contributed by atoms with Crippen molar-refractivity contribution in [2.45, 2.75) is 13.8 Å². The Balaban J connectivity index is 2.36. The molecule has 148 valence electrons. The number of aromatic nitrogens is 1. The second-order valence-corrected chi connectivity index (χ2v) is 6.86. The zero-order valence-electron chi connectivity index (χ0n) is 15.9. The van der Waals surface area contributed by atoms with Crippen molar-refractivity contribution in [3.05, 3.63) is 47.9 Å². The van der Waals surface area contributed by atoms with E-state index in [1.54, 1.807) is 23.6 Å². The van der Waals surface area contributed by atoms with Crippen LogP contribution in [0.2, 0.25) is 0 Å². The number of nitrogens with zero attached hydrogens (tertiary/aromatic N) is 2. The molecule has 2 aromatic rings. The molecule has 0 spiro atoms. The first kappa shape index (κ1) is 21.7. The smallest absolute Gasteiger partial charge is 0.411 e. The van der Waals surface area contributed by atoms with Crippen molar-refractivity contribution in [3.63, 3.8) is 0 Å². The van der Waals surface area contributed by atoms with E-state index in [1.165, 1.54) is 6.08 Å². The van der Waals surface area contributed by atoms with E-state index in [9.17, 15) is 4.79 Å². The van der Waals surface area contributed by atoms with Crippen LogP contribution in [0.3, 0.4) is 0 Å². The highest BCUT2D eigenvalue weighted by atomic mass is 35.5. The number of hydrogen-bond acceptors (Lipinski definition) is 6. The van der Waals surface area contributed by atoms with Crippen LogP contribution in [-0.2, 0) is 4.74 Å². The molecular weight excluding hydrogens is 396 g/mol. The summed E-state index contributed by atoms with van der Waals surface area (Å²) in [7, 11) is 0. The summed E-state index contributed by atoms with van der Waals surface area (Å²) in [4.78, 5) is 21.6. The number of carbonyl (C=O) groups excluding carboxylic acids is 1. The number of nitrogens with one attached hydrogen (secondary N) is 2. The monoisotopic (exact) mass is 418 g/mol. The first-order valence-electron chi connectivity index (χ1n) is 8.71. The zero-order chi connectivity index (χ0) is 20.4. The van der Waals surface area contributed by atoms with Crippen molar-refractivity contribution in [1.82, 2.24) is 4.98 Å². The zero-order valence-corrected chi connectivity index (χ0v) is 17.4. The van der Waals surface area contributed by atoms with Gasteiger partial charge in [-0.05, 0) is 37.6 Å². The predicted molar refractivity (Wildman–Crippen MR) is 120 cm³/mol. The van der Waals surface area contributed by atoms with E-state index in [1.807, 2.05) is 38.1 Å². The molecule has 0 bridgehead atoms. The van der Waals surface area contributed by atoms with Crippen molar-refractivity contribution in [2.75, 3.05) is 29.8 Å². The summed E-state index contributed by atoms with van der Waals surface area (Å²) in [5.74, 6) is 0. The van der Waals surface area contributed by atoms with Crippen molar-refractivity contribution in [2.24, 2.45) is 4.99 Å². The molecule has 1 aromatic heterocycles. The number of hydrogen-bond donors (Lipinski definition) is 2. The molecule has 0 atom stereocenters. The first-order valence-corrected chi connectivity index (χ1v) is 10.1. The van der Waals surface area contributed by atoms with Crippen LogP contribution in [0.25, 0.3) is 16.8 Å². The van der Waals surface area contributed by atoms with Gasteiger partial charge in [-0.3, -0.25) is 10.3 Å². The summed E-state index contributed by atoms with van der Waals surface area (Å²) in [6.07, 6.45) is 4.58. The lowest BCUT2D eigenvalue weighted by Crippen LogP contribution is -2.13. The number of carbonyl (C=O) groups is 1. The van der Waals surface area contributed by atoms with Gasteiger partial charge < -0.3 is 10.1 Å². The molecule has 0 unspecified atom stereocenters. The topological polar surface area (TPSA) is 75.6 Å². The summed E-state index contributed by atoms with van der Waals surface area (Å²) in [6.45, 7) is 8.48. The lowest BCUT2D eigenvalue weighted by molar-refractivity contribution is 0.174. The van der Waals surface area contributed by atoms with Gasteiger partial charge >= 0.3 is 6.09 Å². The molecule has 2 rings (SSSR count). The number of thiazole rings is 1. The van der Waals surface area contributed by atoms with Gasteiger partial charge in [0.2, 0.25) is 0 Å². The number of halogens is 1. The predicted octanol–water partition coefficient (Wildman–Crippen LogP) is 5.65. The maximum absolute atomic E-state index is 11.8. The van der Waals surface area contributed by atoms with Crippen molar-refractivity contribution in [1.29, 1.82) is 0 Å². The first-order chi connectivity index (χ1) is 13.6. The lowest BCUT2D eigenvalue weighted by Gasteiger charge is -2.08. The summed E-state index contributed by atoms with van der Waals surface area (Å²) >= 11 is 7.16. The molecular formula is C20H23ClN4O2S. The highest BCUT2D eigenvalue weighted by Gasteiger charge is 2.15. The van der Waals surface area contributed by atoms with Gasteiger partial charge in [-0.1, -0.05) is 36.1 Å². The molecule has 0 radical (unpaired) electrons. The molecule has 0 fully saturated rings. The summed E-state index contributed by atoms with van der Waals surface area (Å²) in [5.41, 5.74) is 3.37. The molecule has 1 heterocycles. The Hall–Kier alpha value is -2.64. The molecule has 0 saturated heterocycles. The summed E-state index contributed by atoms with van der Waals surface area (Å²) in [5, 5.41) is 6.80. The van der Waals surface area contributed by atoms with Gasteiger partial charge in [0.25, 0.3) is 0 Å². The van der Waals surface area contributed by atoms with Crippen LogP contribution in [0.1, 0.15) is 18.7 Å². The van der Waals surface area contributed by atoms with Gasteiger partial charge in [-0.15, -0.1) is 11.6 Å². The maximum Gasteiger partial charge on any atom is 0.411 e. The van der Waals surface area contributed by atoms with E-state index >= 15 is 0 Å². The van der Waals surface area contributed by atoms with E-state index in [2.05, 4.69) is 22.2 Å². The molecule has 8 heteroatoms. The van der Waals surface area contributed by atoms with Crippen LogP contribution in [0.5, 0.6) is 0 Å². The van der Waals surface area contributed by atoms with Gasteiger partial charge in [0.1, 0.15) is 12.6 Å². The van der Waals surface area contributed by atoms with Gasteiger partial charge in [0, 0.05) is 24.0 Å².